The molecule has 1 heterocycles. The minimum Gasteiger partial charge on any atom is -0.390 e. The van der Waals surface area contributed by atoms with Crippen molar-refractivity contribution in [3.05, 3.63) is 0 Å². The van der Waals surface area contributed by atoms with Crippen molar-refractivity contribution < 1.29 is 9.90 Å². The van der Waals surface area contributed by atoms with Crippen LogP contribution < -0.4 is 5.73 Å². The average Bonchev–Trinajstić information content (AvgIpc) is 2.38. The molecule has 0 aromatic heterocycles. The van der Waals surface area contributed by atoms with E-state index in [4.69, 9.17) is 5.73 Å². The predicted octanol–water partition coefficient (Wildman–Crippen LogP) is 0.735. The third-order valence-corrected chi connectivity index (χ3v) is 3.44. The average molecular weight is 228 g/mol. The number of carbonyl (C=O) groups excluding carboxylic acids is 1. The number of hydrogen-bond acceptors (Lipinski definition) is 3. The van der Waals surface area contributed by atoms with Crippen LogP contribution in [0.4, 0.5) is 0 Å². The molecule has 1 rings (SSSR count). The van der Waals surface area contributed by atoms with Gasteiger partial charge in [-0.25, -0.2) is 0 Å². The number of amides is 1. The Morgan fingerprint density at radius 3 is 2.62 bits per heavy atom. The lowest BCUT2D eigenvalue weighted by Crippen LogP contribution is -2.45. The van der Waals surface area contributed by atoms with Gasteiger partial charge in [0.25, 0.3) is 0 Å². The van der Waals surface area contributed by atoms with Crippen molar-refractivity contribution >= 4 is 5.91 Å². The highest BCUT2D eigenvalue weighted by Gasteiger charge is 2.33. The van der Waals surface area contributed by atoms with Crippen LogP contribution in [0.3, 0.4) is 0 Å². The smallest absolute Gasteiger partial charge is 0.229 e. The van der Waals surface area contributed by atoms with Gasteiger partial charge in [-0.1, -0.05) is 0 Å². The molecule has 0 spiro atoms. The number of aliphatic hydroxyl groups is 1. The summed E-state index contributed by atoms with van der Waals surface area (Å²) in [5.74, 6) is 0.104. The predicted molar refractivity (Wildman–Crippen MR) is 63.9 cm³/mol. The lowest BCUT2D eigenvalue weighted by molar-refractivity contribution is -0.139. The number of likely N-dealkylation sites (tertiary alicyclic amines) is 1. The summed E-state index contributed by atoms with van der Waals surface area (Å²) in [6, 6.07) is 0. The summed E-state index contributed by atoms with van der Waals surface area (Å²) in [6.07, 6.45) is 2.28. The van der Waals surface area contributed by atoms with E-state index >= 15 is 0 Å². The third kappa shape index (κ3) is 3.19. The van der Waals surface area contributed by atoms with Crippen molar-refractivity contribution in [3.63, 3.8) is 0 Å². The maximum atomic E-state index is 12.2. The van der Waals surface area contributed by atoms with Gasteiger partial charge in [0, 0.05) is 19.6 Å². The Bertz CT molecular complexity index is 262. The molecule has 4 heteroatoms. The molecule has 0 radical (unpaired) electrons. The second-order valence-corrected chi connectivity index (χ2v) is 5.73. The monoisotopic (exact) mass is 228 g/mol. The van der Waals surface area contributed by atoms with E-state index in [1.54, 1.807) is 0 Å². The first-order valence-electron chi connectivity index (χ1n) is 6.00. The topological polar surface area (TPSA) is 66.6 Å². The number of nitrogens with two attached hydrogens (primary N) is 1. The van der Waals surface area contributed by atoms with Gasteiger partial charge in [-0.05, 0) is 40.0 Å². The number of rotatable bonds is 2. The molecule has 1 amide bonds. The Morgan fingerprint density at radius 2 is 2.06 bits per heavy atom. The molecule has 3 N–H and O–H groups in total. The molecule has 0 aromatic rings. The van der Waals surface area contributed by atoms with Gasteiger partial charge < -0.3 is 15.7 Å². The number of carbonyl (C=O) groups is 1. The molecule has 94 valence electrons. The summed E-state index contributed by atoms with van der Waals surface area (Å²) in [6.45, 7) is 7.32. The van der Waals surface area contributed by atoms with Gasteiger partial charge >= 0.3 is 0 Å². The number of hydrogen-bond donors (Lipinski definition) is 2. The molecule has 0 aliphatic carbocycles. The maximum Gasteiger partial charge on any atom is 0.229 e. The van der Waals surface area contributed by atoms with Gasteiger partial charge in [-0.2, -0.15) is 0 Å². The van der Waals surface area contributed by atoms with Gasteiger partial charge in [-0.3, -0.25) is 4.79 Å². The molecule has 0 bridgehead atoms. The second kappa shape index (κ2) is 4.72. The molecule has 16 heavy (non-hydrogen) atoms. The SMILES string of the molecule is CC1(O)CCCN(C(=O)C(C)(C)CN)CC1. The molecular weight excluding hydrogens is 204 g/mol. The van der Waals surface area contributed by atoms with Crippen LogP contribution in [0.15, 0.2) is 0 Å². The van der Waals surface area contributed by atoms with Crippen molar-refractivity contribution in [1.29, 1.82) is 0 Å². The van der Waals surface area contributed by atoms with E-state index in [2.05, 4.69) is 0 Å². The Morgan fingerprint density at radius 1 is 1.44 bits per heavy atom. The van der Waals surface area contributed by atoms with Gasteiger partial charge in [-0.15, -0.1) is 0 Å². The standard InChI is InChI=1S/C12H24N2O2/c1-11(2,9-13)10(15)14-7-4-5-12(3,16)6-8-14/h16H,4-9,13H2,1-3H3. The number of nitrogens with zero attached hydrogens (tertiary/aromatic N) is 1. The fraction of sp³-hybridized carbons (Fsp3) is 0.917. The maximum absolute atomic E-state index is 12.2. The van der Waals surface area contributed by atoms with Crippen LogP contribution in [0.25, 0.3) is 0 Å². The Kier molecular flexibility index (Phi) is 3.97. The zero-order chi connectivity index (χ0) is 12.4. The summed E-state index contributed by atoms with van der Waals surface area (Å²) in [4.78, 5) is 14.0. The Hall–Kier alpha value is -0.610. The summed E-state index contributed by atoms with van der Waals surface area (Å²) in [7, 11) is 0. The van der Waals surface area contributed by atoms with Crippen molar-refractivity contribution in [2.24, 2.45) is 11.1 Å². The van der Waals surface area contributed by atoms with Crippen LogP contribution in [0, 0.1) is 5.41 Å². The molecule has 1 unspecified atom stereocenters. The summed E-state index contributed by atoms with van der Waals surface area (Å²) >= 11 is 0. The van der Waals surface area contributed by atoms with Gasteiger partial charge in [0.15, 0.2) is 0 Å². The van der Waals surface area contributed by atoms with Gasteiger partial charge in [0.2, 0.25) is 5.91 Å². The lowest BCUT2D eigenvalue weighted by atomic mass is 9.91. The Labute approximate surface area is 97.8 Å². The first-order valence-corrected chi connectivity index (χ1v) is 6.00. The summed E-state index contributed by atoms with van der Waals surface area (Å²) in [5, 5.41) is 9.95. The summed E-state index contributed by atoms with van der Waals surface area (Å²) < 4.78 is 0. The Balaban J connectivity index is 2.65. The van der Waals surface area contributed by atoms with E-state index in [1.807, 2.05) is 25.7 Å². The van der Waals surface area contributed by atoms with E-state index < -0.39 is 11.0 Å². The van der Waals surface area contributed by atoms with Gasteiger partial charge in [0.05, 0.1) is 11.0 Å². The zero-order valence-electron chi connectivity index (χ0n) is 10.6. The van der Waals surface area contributed by atoms with Crippen molar-refractivity contribution in [3.8, 4) is 0 Å². The van der Waals surface area contributed by atoms with Crippen molar-refractivity contribution in [2.75, 3.05) is 19.6 Å². The first-order chi connectivity index (χ1) is 7.28. The first kappa shape index (κ1) is 13.5. The normalized spacial score (nSPS) is 27.7. The molecule has 1 saturated heterocycles. The minimum absolute atomic E-state index is 0.104. The van der Waals surface area contributed by atoms with E-state index in [0.717, 1.165) is 19.4 Å². The van der Waals surface area contributed by atoms with Gasteiger partial charge in [0.1, 0.15) is 0 Å². The highest BCUT2D eigenvalue weighted by molar-refractivity contribution is 5.82. The van der Waals surface area contributed by atoms with E-state index in [9.17, 15) is 9.90 Å². The van der Waals surface area contributed by atoms with E-state index in [-0.39, 0.29) is 5.91 Å². The molecule has 0 saturated carbocycles. The molecule has 4 nitrogen and oxygen atoms in total. The largest absolute Gasteiger partial charge is 0.390 e. The highest BCUT2D eigenvalue weighted by atomic mass is 16.3. The van der Waals surface area contributed by atoms with Crippen LogP contribution in [-0.4, -0.2) is 41.1 Å². The molecule has 0 aromatic carbocycles. The molecule has 1 atom stereocenters. The van der Waals surface area contributed by atoms with E-state index in [1.165, 1.54) is 0 Å². The van der Waals surface area contributed by atoms with Crippen LogP contribution in [0.5, 0.6) is 0 Å². The molecule has 1 aliphatic rings. The van der Waals surface area contributed by atoms with E-state index in [0.29, 0.717) is 19.5 Å². The van der Waals surface area contributed by atoms with Crippen LogP contribution >= 0.6 is 0 Å². The quantitative estimate of drug-likeness (QED) is 0.732. The fourth-order valence-corrected chi connectivity index (χ4v) is 1.98. The highest BCUT2D eigenvalue weighted by Crippen LogP contribution is 2.24. The second-order valence-electron chi connectivity index (χ2n) is 5.73. The molecule has 1 aliphatic heterocycles. The minimum atomic E-state index is -0.623. The van der Waals surface area contributed by atoms with Crippen LogP contribution in [0.2, 0.25) is 0 Å². The lowest BCUT2D eigenvalue weighted by Gasteiger charge is -2.30. The fourth-order valence-electron chi connectivity index (χ4n) is 1.98. The van der Waals surface area contributed by atoms with Crippen LogP contribution in [0.1, 0.15) is 40.0 Å². The molecule has 1 fully saturated rings. The van der Waals surface area contributed by atoms with Crippen molar-refractivity contribution in [1.82, 2.24) is 4.90 Å². The van der Waals surface area contributed by atoms with Crippen molar-refractivity contribution in [2.45, 2.75) is 45.6 Å². The third-order valence-electron chi connectivity index (χ3n) is 3.44. The zero-order valence-corrected chi connectivity index (χ0v) is 10.6. The summed E-state index contributed by atoms with van der Waals surface area (Å²) in [5.41, 5.74) is 4.50. The van der Waals surface area contributed by atoms with Crippen LogP contribution in [-0.2, 0) is 4.79 Å². The molecular formula is C12H24N2O2.